The molecule has 0 aliphatic heterocycles. The summed E-state index contributed by atoms with van der Waals surface area (Å²) in [7, 11) is 0. The van der Waals surface area contributed by atoms with Gasteiger partial charge in [0.25, 0.3) is 0 Å². The average Bonchev–Trinajstić information content (AvgIpc) is 2.03. The molecule has 0 atom stereocenters. The lowest BCUT2D eigenvalue weighted by molar-refractivity contribution is -0.301. The Bertz CT molecular complexity index is 291. The van der Waals surface area contributed by atoms with Gasteiger partial charge in [0.05, 0.1) is 0 Å². The zero-order valence-electron chi connectivity index (χ0n) is 7.31. The summed E-state index contributed by atoms with van der Waals surface area (Å²) in [6.45, 7) is 0.107. The molecule has 1 rings (SSSR count). The van der Waals surface area contributed by atoms with Crippen LogP contribution < -0.4 is 4.74 Å². The smallest absolute Gasteiger partial charge is 0.428 e. The van der Waals surface area contributed by atoms with Gasteiger partial charge in [-0.3, -0.25) is 0 Å². The van der Waals surface area contributed by atoms with Gasteiger partial charge in [-0.25, -0.2) is 0 Å². The van der Waals surface area contributed by atoms with E-state index in [1.54, 1.807) is 6.07 Å². The van der Waals surface area contributed by atoms with Crippen molar-refractivity contribution in [1.82, 2.24) is 0 Å². The minimum Gasteiger partial charge on any atom is -0.428 e. The number of hydrogen-bond acceptors (Lipinski definition) is 1. The van der Waals surface area contributed by atoms with Crippen LogP contribution >= 0.6 is 0 Å². The largest absolute Gasteiger partial charge is 0.463 e. The predicted octanol–water partition coefficient (Wildman–Crippen LogP) is 3.31. The Balaban J connectivity index is 2.79. The number of benzene rings is 1. The summed E-state index contributed by atoms with van der Waals surface area (Å²) < 4.78 is 53.8. The highest BCUT2D eigenvalue weighted by molar-refractivity contribution is 5.21. The first kappa shape index (κ1) is 10.8. The quantitative estimate of drug-likeness (QED) is 0.692. The van der Waals surface area contributed by atoms with Crippen LogP contribution in [0, 0.1) is 0 Å². The monoisotopic (exact) mass is 208 g/mol. The highest BCUT2D eigenvalue weighted by atomic mass is 19.3. The summed E-state index contributed by atoms with van der Waals surface area (Å²) in [4.78, 5) is 0. The molecular weight excluding hydrogens is 200 g/mol. The topological polar surface area (TPSA) is 9.23 Å². The fraction of sp³-hybridized carbons (Fsp3) is 0.333. The first-order chi connectivity index (χ1) is 6.33. The first-order valence-corrected chi connectivity index (χ1v) is 3.82. The summed E-state index contributed by atoms with van der Waals surface area (Å²) in [6, 6.07) is 6.76. The third kappa shape index (κ3) is 2.37. The van der Waals surface area contributed by atoms with Crippen molar-refractivity contribution in [2.24, 2.45) is 0 Å². The van der Waals surface area contributed by atoms with Crippen molar-refractivity contribution in [2.75, 3.05) is 0 Å². The number of alkyl halides is 4. The molecule has 0 aromatic heterocycles. The number of para-hydroxylation sites is 1. The van der Waals surface area contributed by atoms with E-state index in [1.165, 1.54) is 24.3 Å². The maximum Gasteiger partial charge on any atom is 0.463 e. The third-order valence-corrected chi connectivity index (χ3v) is 1.50. The molecule has 0 heterocycles. The Morgan fingerprint density at radius 3 is 1.93 bits per heavy atom. The van der Waals surface area contributed by atoms with Gasteiger partial charge < -0.3 is 4.74 Å². The van der Waals surface area contributed by atoms with Crippen LogP contribution in [0.1, 0.15) is 6.92 Å². The van der Waals surface area contributed by atoms with Gasteiger partial charge in [-0.1, -0.05) is 18.2 Å². The van der Waals surface area contributed by atoms with E-state index in [0.29, 0.717) is 0 Å². The van der Waals surface area contributed by atoms with Crippen LogP contribution in [0.15, 0.2) is 30.3 Å². The average molecular weight is 208 g/mol. The summed E-state index contributed by atoms with van der Waals surface area (Å²) >= 11 is 0. The molecule has 1 nitrogen and oxygen atoms in total. The van der Waals surface area contributed by atoms with E-state index in [0.717, 1.165) is 0 Å². The van der Waals surface area contributed by atoms with E-state index in [2.05, 4.69) is 4.74 Å². The van der Waals surface area contributed by atoms with Crippen LogP contribution in [0.2, 0.25) is 0 Å². The van der Waals surface area contributed by atoms with Crippen LogP contribution in [-0.2, 0) is 0 Å². The molecule has 0 unspecified atom stereocenters. The van der Waals surface area contributed by atoms with E-state index in [1.807, 2.05) is 0 Å². The SMILES string of the molecule is CC(F)(F)C(F)(F)Oc1ccccc1. The normalized spacial score (nSPS) is 12.6. The molecular formula is C9H8F4O. The fourth-order valence-electron chi connectivity index (χ4n) is 0.726. The van der Waals surface area contributed by atoms with Crippen molar-refractivity contribution >= 4 is 0 Å². The van der Waals surface area contributed by atoms with E-state index in [4.69, 9.17) is 0 Å². The maximum absolute atomic E-state index is 12.6. The summed E-state index contributed by atoms with van der Waals surface area (Å²) in [6.07, 6.45) is -4.49. The molecule has 0 bridgehead atoms. The van der Waals surface area contributed by atoms with Crippen molar-refractivity contribution in [2.45, 2.75) is 19.0 Å². The third-order valence-electron chi connectivity index (χ3n) is 1.50. The van der Waals surface area contributed by atoms with E-state index in [-0.39, 0.29) is 12.7 Å². The van der Waals surface area contributed by atoms with Gasteiger partial charge in [-0.15, -0.1) is 0 Å². The predicted molar refractivity (Wildman–Crippen MR) is 42.6 cm³/mol. The molecule has 14 heavy (non-hydrogen) atoms. The van der Waals surface area contributed by atoms with Crippen LogP contribution in [0.25, 0.3) is 0 Å². The molecule has 0 aliphatic rings. The minimum absolute atomic E-state index is 0.107. The minimum atomic E-state index is -4.49. The summed E-state index contributed by atoms with van der Waals surface area (Å²) in [5, 5.41) is 0. The lowest BCUT2D eigenvalue weighted by Crippen LogP contribution is -2.42. The van der Waals surface area contributed by atoms with Crippen molar-refractivity contribution < 1.29 is 22.3 Å². The van der Waals surface area contributed by atoms with Gasteiger partial charge in [0, 0.05) is 6.92 Å². The van der Waals surface area contributed by atoms with Gasteiger partial charge >= 0.3 is 12.0 Å². The Morgan fingerprint density at radius 1 is 1.00 bits per heavy atom. The molecule has 0 aliphatic carbocycles. The molecule has 1 aromatic carbocycles. The second-order valence-corrected chi connectivity index (χ2v) is 2.82. The van der Waals surface area contributed by atoms with E-state index >= 15 is 0 Å². The summed E-state index contributed by atoms with van der Waals surface area (Å²) in [5.41, 5.74) is 0. The highest BCUT2D eigenvalue weighted by Crippen LogP contribution is 2.35. The standard InChI is InChI=1S/C9H8F4O/c1-8(10,11)9(12,13)14-7-5-3-2-4-6-7/h2-6H,1H3. The Labute approximate surface area is 78.3 Å². The molecule has 0 amide bonds. The second kappa shape index (κ2) is 3.48. The molecule has 0 fully saturated rings. The molecule has 1 aromatic rings. The van der Waals surface area contributed by atoms with Gasteiger partial charge in [-0.05, 0) is 12.1 Å². The lowest BCUT2D eigenvalue weighted by Gasteiger charge is -2.23. The van der Waals surface area contributed by atoms with Gasteiger partial charge in [0.15, 0.2) is 0 Å². The van der Waals surface area contributed by atoms with Crippen molar-refractivity contribution in [3.05, 3.63) is 30.3 Å². The first-order valence-electron chi connectivity index (χ1n) is 3.82. The van der Waals surface area contributed by atoms with Crippen LogP contribution in [0.3, 0.4) is 0 Å². The van der Waals surface area contributed by atoms with Gasteiger partial charge in [0.2, 0.25) is 0 Å². The maximum atomic E-state index is 12.6. The van der Waals surface area contributed by atoms with E-state index in [9.17, 15) is 17.6 Å². The zero-order chi connectivity index (χ0) is 10.8. The van der Waals surface area contributed by atoms with Crippen molar-refractivity contribution in [3.8, 4) is 5.75 Å². The van der Waals surface area contributed by atoms with Crippen molar-refractivity contribution in [3.63, 3.8) is 0 Å². The lowest BCUT2D eigenvalue weighted by atomic mass is 10.3. The molecule has 78 valence electrons. The number of halogens is 4. The van der Waals surface area contributed by atoms with Gasteiger partial charge in [-0.2, -0.15) is 17.6 Å². The number of hydrogen-bond donors (Lipinski definition) is 0. The Kier molecular flexibility index (Phi) is 2.69. The van der Waals surface area contributed by atoms with E-state index < -0.39 is 12.0 Å². The van der Waals surface area contributed by atoms with Crippen LogP contribution in [0.4, 0.5) is 17.6 Å². The molecule has 0 N–H and O–H groups in total. The van der Waals surface area contributed by atoms with Crippen LogP contribution in [0.5, 0.6) is 5.75 Å². The molecule has 0 radical (unpaired) electrons. The second-order valence-electron chi connectivity index (χ2n) is 2.82. The Hall–Kier alpha value is -1.26. The van der Waals surface area contributed by atoms with Gasteiger partial charge in [0.1, 0.15) is 5.75 Å². The number of rotatable bonds is 3. The molecule has 0 spiro atoms. The Morgan fingerprint density at radius 2 is 1.50 bits per heavy atom. The summed E-state index contributed by atoms with van der Waals surface area (Å²) in [5.74, 6) is -4.50. The molecule has 0 saturated heterocycles. The highest BCUT2D eigenvalue weighted by Gasteiger charge is 2.55. The van der Waals surface area contributed by atoms with Crippen molar-refractivity contribution in [1.29, 1.82) is 0 Å². The zero-order valence-corrected chi connectivity index (χ0v) is 7.31. The molecule has 5 heteroatoms. The number of ether oxygens (including phenoxy) is 1. The molecule has 0 saturated carbocycles. The van der Waals surface area contributed by atoms with Crippen LogP contribution in [-0.4, -0.2) is 12.0 Å². The fourth-order valence-corrected chi connectivity index (χ4v) is 0.726.